The van der Waals surface area contributed by atoms with E-state index in [2.05, 4.69) is 10.6 Å². The van der Waals surface area contributed by atoms with Gasteiger partial charge in [-0.05, 0) is 42.2 Å². The van der Waals surface area contributed by atoms with Crippen LogP contribution in [0.15, 0.2) is 42.5 Å². The minimum atomic E-state index is -0.432. The van der Waals surface area contributed by atoms with Gasteiger partial charge in [0.15, 0.2) is 0 Å². The van der Waals surface area contributed by atoms with Gasteiger partial charge in [-0.15, -0.1) is 0 Å². The van der Waals surface area contributed by atoms with Crippen molar-refractivity contribution in [2.24, 2.45) is 0 Å². The molecule has 27 heavy (non-hydrogen) atoms. The highest BCUT2D eigenvalue weighted by molar-refractivity contribution is 6.01. The third-order valence-corrected chi connectivity index (χ3v) is 3.98. The van der Waals surface area contributed by atoms with Crippen LogP contribution in [0.2, 0.25) is 0 Å². The van der Waals surface area contributed by atoms with Gasteiger partial charge in [0.05, 0.1) is 24.4 Å². The molecule has 2 aromatic rings. The number of hydrogen-bond acceptors (Lipinski definition) is 4. The summed E-state index contributed by atoms with van der Waals surface area (Å²) in [5.41, 5.74) is 1.54. The van der Waals surface area contributed by atoms with Crippen molar-refractivity contribution < 1.29 is 19.4 Å². The molecule has 2 aromatic carbocycles. The fourth-order valence-electron chi connectivity index (χ4n) is 2.49. The van der Waals surface area contributed by atoms with Crippen molar-refractivity contribution in [1.82, 2.24) is 5.32 Å². The second-order valence-electron chi connectivity index (χ2n) is 7.14. The molecule has 0 bridgehead atoms. The first-order chi connectivity index (χ1) is 12.7. The number of para-hydroxylation sites is 1. The maximum absolute atomic E-state index is 12.3. The van der Waals surface area contributed by atoms with Crippen LogP contribution in [0.1, 0.15) is 43.6 Å². The molecule has 6 heteroatoms. The average molecular weight is 370 g/mol. The molecule has 0 saturated heterocycles. The molecule has 0 fully saturated rings. The van der Waals surface area contributed by atoms with E-state index in [1.54, 1.807) is 36.4 Å². The van der Waals surface area contributed by atoms with Crippen LogP contribution >= 0.6 is 0 Å². The molecule has 0 saturated carbocycles. The van der Waals surface area contributed by atoms with E-state index in [9.17, 15) is 14.7 Å². The Kier molecular flexibility index (Phi) is 6.45. The minimum Gasteiger partial charge on any atom is -0.506 e. The van der Waals surface area contributed by atoms with E-state index < -0.39 is 11.8 Å². The molecule has 3 N–H and O–H groups in total. The van der Waals surface area contributed by atoms with E-state index in [0.717, 1.165) is 5.56 Å². The Morgan fingerprint density at radius 3 is 2.48 bits per heavy atom. The summed E-state index contributed by atoms with van der Waals surface area (Å²) in [4.78, 5) is 24.5. The van der Waals surface area contributed by atoms with Gasteiger partial charge in [-0.3, -0.25) is 9.59 Å². The van der Waals surface area contributed by atoms with Crippen molar-refractivity contribution in [2.75, 3.05) is 18.5 Å². The number of amides is 2. The maximum atomic E-state index is 12.3. The molecular formula is C21H26N2O4. The van der Waals surface area contributed by atoms with E-state index in [4.69, 9.17) is 4.74 Å². The smallest absolute Gasteiger partial charge is 0.255 e. The normalized spacial score (nSPS) is 11.0. The Morgan fingerprint density at radius 2 is 1.81 bits per heavy atom. The Morgan fingerprint density at radius 1 is 1.11 bits per heavy atom. The summed E-state index contributed by atoms with van der Waals surface area (Å²) >= 11 is 0. The first kappa shape index (κ1) is 20.3. The Labute approximate surface area is 159 Å². The molecule has 0 aromatic heterocycles. The molecule has 0 heterocycles. The van der Waals surface area contributed by atoms with Crippen LogP contribution in [-0.4, -0.2) is 30.1 Å². The second-order valence-corrected chi connectivity index (χ2v) is 7.14. The molecule has 144 valence electrons. The van der Waals surface area contributed by atoms with Crippen LogP contribution < -0.4 is 15.4 Å². The number of anilines is 1. The zero-order valence-corrected chi connectivity index (χ0v) is 16.1. The van der Waals surface area contributed by atoms with E-state index in [1.165, 1.54) is 0 Å². The zero-order chi connectivity index (χ0) is 20.0. The highest BCUT2D eigenvalue weighted by Crippen LogP contribution is 2.30. The summed E-state index contributed by atoms with van der Waals surface area (Å²) < 4.78 is 5.43. The van der Waals surface area contributed by atoms with Gasteiger partial charge >= 0.3 is 0 Å². The number of phenolic OH excluding ortho intramolecular Hbond substituents is 1. The van der Waals surface area contributed by atoms with Crippen LogP contribution in [0.4, 0.5) is 5.69 Å². The highest BCUT2D eigenvalue weighted by Gasteiger charge is 2.17. The van der Waals surface area contributed by atoms with Crippen molar-refractivity contribution in [2.45, 2.75) is 33.1 Å². The minimum absolute atomic E-state index is 0.0237. The Bertz CT molecular complexity index is 825. The number of phenols is 1. The first-order valence-electron chi connectivity index (χ1n) is 8.85. The van der Waals surface area contributed by atoms with Crippen LogP contribution in [0.3, 0.4) is 0 Å². The summed E-state index contributed by atoms with van der Waals surface area (Å²) in [5, 5.41) is 15.2. The van der Waals surface area contributed by atoms with E-state index in [1.807, 2.05) is 33.8 Å². The van der Waals surface area contributed by atoms with Crippen LogP contribution in [-0.2, 0) is 10.2 Å². The summed E-state index contributed by atoms with van der Waals surface area (Å²) in [6, 6.07) is 11.9. The van der Waals surface area contributed by atoms with Gasteiger partial charge < -0.3 is 20.5 Å². The lowest BCUT2D eigenvalue weighted by molar-refractivity contribution is -0.115. The van der Waals surface area contributed by atoms with Crippen LogP contribution in [0, 0.1) is 0 Å². The van der Waals surface area contributed by atoms with Gasteiger partial charge in [0.25, 0.3) is 5.91 Å². The van der Waals surface area contributed by atoms with Crippen LogP contribution in [0.25, 0.3) is 0 Å². The van der Waals surface area contributed by atoms with Gasteiger partial charge in [0.1, 0.15) is 11.5 Å². The third kappa shape index (κ3) is 5.48. The lowest BCUT2D eigenvalue weighted by Crippen LogP contribution is -2.33. The summed E-state index contributed by atoms with van der Waals surface area (Å²) in [6.45, 7) is 8.18. The highest BCUT2D eigenvalue weighted by atomic mass is 16.5. The molecule has 0 aliphatic carbocycles. The quantitative estimate of drug-likeness (QED) is 0.680. The largest absolute Gasteiger partial charge is 0.506 e. The lowest BCUT2D eigenvalue weighted by Gasteiger charge is -2.20. The Hall–Kier alpha value is -3.02. The number of carbonyl (C=O) groups is 2. The van der Waals surface area contributed by atoms with E-state index in [-0.39, 0.29) is 17.7 Å². The third-order valence-electron chi connectivity index (χ3n) is 3.98. The average Bonchev–Trinajstić information content (AvgIpc) is 2.61. The zero-order valence-electron chi connectivity index (χ0n) is 16.1. The maximum Gasteiger partial charge on any atom is 0.255 e. The monoisotopic (exact) mass is 370 g/mol. The number of hydrogen-bond donors (Lipinski definition) is 3. The molecular weight excluding hydrogens is 344 g/mol. The lowest BCUT2D eigenvalue weighted by atomic mass is 9.87. The summed E-state index contributed by atoms with van der Waals surface area (Å²) in [6.07, 6.45) is 0. The number of ether oxygens (including phenoxy) is 1. The van der Waals surface area contributed by atoms with Crippen molar-refractivity contribution in [3.8, 4) is 11.5 Å². The summed E-state index contributed by atoms with van der Waals surface area (Å²) in [7, 11) is 0. The van der Waals surface area contributed by atoms with Crippen molar-refractivity contribution in [3.63, 3.8) is 0 Å². The molecule has 2 amide bonds. The van der Waals surface area contributed by atoms with Gasteiger partial charge in [0, 0.05) is 0 Å². The topological polar surface area (TPSA) is 87.7 Å². The number of carbonyl (C=O) groups excluding carboxylic acids is 2. The number of benzene rings is 2. The van der Waals surface area contributed by atoms with Gasteiger partial charge in [-0.2, -0.15) is 0 Å². The molecule has 2 rings (SSSR count). The number of rotatable bonds is 6. The molecule has 0 unspecified atom stereocenters. The van der Waals surface area contributed by atoms with Gasteiger partial charge in [-0.25, -0.2) is 0 Å². The first-order valence-corrected chi connectivity index (χ1v) is 8.85. The van der Waals surface area contributed by atoms with Crippen molar-refractivity contribution >= 4 is 17.5 Å². The molecule has 0 radical (unpaired) electrons. The fraction of sp³-hybridized carbons (Fsp3) is 0.333. The second kappa shape index (κ2) is 8.58. The van der Waals surface area contributed by atoms with Crippen LogP contribution in [0.5, 0.6) is 11.5 Å². The SMILES string of the molecule is CCOc1ccccc1C(=O)NCC(=O)Nc1cc(C(C)(C)C)ccc1O. The van der Waals surface area contributed by atoms with Crippen molar-refractivity contribution in [1.29, 1.82) is 0 Å². The predicted octanol–water partition coefficient (Wildman–Crippen LogP) is 3.46. The van der Waals surface area contributed by atoms with E-state index >= 15 is 0 Å². The van der Waals surface area contributed by atoms with Crippen molar-refractivity contribution in [3.05, 3.63) is 53.6 Å². The fourth-order valence-corrected chi connectivity index (χ4v) is 2.49. The van der Waals surface area contributed by atoms with E-state index in [0.29, 0.717) is 23.6 Å². The molecule has 0 aliphatic rings. The molecule has 6 nitrogen and oxygen atoms in total. The summed E-state index contributed by atoms with van der Waals surface area (Å²) in [5.74, 6) is -0.390. The molecule has 0 aliphatic heterocycles. The molecule has 0 spiro atoms. The van der Waals surface area contributed by atoms with Gasteiger partial charge in [-0.1, -0.05) is 39.0 Å². The predicted molar refractivity (Wildman–Crippen MR) is 105 cm³/mol. The number of nitrogens with one attached hydrogen (secondary N) is 2. The molecule has 0 atom stereocenters. The Balaban J connectivity index is 2.02. The number of aromatic hydroxyl groups is 1. The van der Waals surface area contributed by atoms with Gasteiger partial charge in [0.2, 0.25) is 5.91 Å². The standard InChI is InChI=1S/C21H26N2O4/c1-5-27-18-9-7-6-8-15(18)20(26)22-13-19(25)23-16-12-14(21(2,3)4)10-11-17(16)24/h6-12,24H,5,13H2,1-4H3,(H,22,26)(H,23,25).